The summed E-state index contributed by atoms with van der Waals surface area (Å²) in [7, 11) is -3.86. The summed E-state index contributed by atoms with van der Waals surface area (Å²) < 4.78 is 31.1. The summed E-state index contributed by atoms with van der Waals surface area (Å²) >= 11 is 0. The number of nitrogens with one attached hydrogen (secondary N) is 1. The molecule has 0 aliphatic heterocycles. The highest BCUT2D eigenvalue weighted by Gasteiger charge is 2.25. The Morgan fingerprint density at radius 3 is 2.36 bits per heavy atom. The molecule has 0 spiro atoms. The summed E-state index contributed by atoms with van der Waals surface area (Å²) in [6, 6.07) is 5.84. The lowest BCUT2D eigenvalue weighted by molar-refractivity contribution is -0.402. The summed E-state index contributed by atoms with van der Waals surface area (Å²) in [5, 5.41) is 25.6. The van der Waals surface area contributed by atoms with Crippen LogP contribution in [0.4, 0.5) is 17.3 Å². The summed E-state index contributed by atoms with van der Waals surface area (Å²) in [6.07, 6.45) is 1.09. The van der Waals surface area contributed by atoms with Gasteiger partial charge in [0, 0.05) is 19.2 Å². The molecule has 1 N–H and O–H groups in total. The predicted molar refractivity (Wildman–Crippen MR) is 99.8 cm³/mol. The molecule has 2 rings (SSSR count). The van der Waals surface area contributed by atoms with Crippen LogP contribution in [0.3, 0.4) is 0 Å². The van der Waals surface area contributed by atoms with Crippen molar-refractivity contribution in [2.75, 3.05) is 18.5 Å². The van der Waals surface area contributed by atoms with Crippen molar-refractivity contribution in [3.63, 3.8) is 0 Å². The van der Waals surface area contributed by atoms with Gasteiger partial charge in [-0.05, 0) is 18.2 Å². The zero-order valence-electron chi connectivity index (χ0n) is 14.9. The highest BCUT2D eigenvalue weighted by atomic mass is 32.2. The van der Waals surface area contributed by atoms with Crippen LogP contribution < -0.4 is 5.43 Å². The quantitative estimate of drug-likeness (QED) is 0.374. The third-order valence-electron chi connectivity index (χ3n) is 3.68. The number of rotatable bonds is 9. The second-order valence-electron chi connectivity index (χ2n) is 5.33. The van der Waals surface area contributed by atoms with Crippen molar-refractivity contribution in [3.8, 4) is 0 Å². The molecule has 0 unspecified atom stereocenters. The molecule has 13 heteroatoms. The van der Waals surface area contributed by atoms with Crippen molar-refractivity contribution in [1.82, 2.24) is 4.31 Å². The van der Waals surface area contributed by atoms with Gasteiger partial charge in [0.05, 0.1) is 22.1 Å². The van der Waals surface area contributed by atoms with Crippen LogP contribution in [0.25, 0.3) is 0 Å². The molecule has 0 bridgehead atoms. The highest BCUT2D eigenvalue weighted by molar-refractivity contribution is 7.89. The smallest absolute Gasteiger partial charge is 0.400 e. The van der Waals surface area contributed by atoms with Crippen LogP contribution in [0, 0.1) is 20.2 Å². The Labute approximate surface area is 159 Å². The monoisotopic (exact) mass is 411 g/mol. The number of hydrogen-bond acceptors (Lipinski definition) is 9. The second-order valence-corrected chi connectivity index (χ2v) is 7.27. The molecule has 0 aliphatic carbocycles. The van der Waals surface area contributed by atoms with Crippen LogP contribution in [0.15, 0.2) is 44.7 Å². The van der Waals surface area contributed by atoms with E-state index in [1.165, 1.54) is 22.5 Å². The number of nitro groups is 2. The summed E-state index contributed by atoms with van der Waals surface area (Å²) in [5.74, 6) is -0.416. The second kappa shape index (κ2) is 8.58. The molecule has 0 radical (unpaired) electrons. The van der Waals surface area contributed by atoms with Gasteiger partial charge >= 0.3 is 5.88 Å². The van der Waals surface area contributed by atoms with Gasteiger partial charge in [0.1, 0.15) is 10.6 Å². The highest BCUT2D eigenvalue weighted by Crippen LogP contribution is 2.29. The Bertz CT molecular complexity index is 1010. The van der Waals surface area contributed by atoms with Crippen molar-refractivity contribution in [1.29, 1.82) is 0 Å². The molecule has 0 fully saturated rings. The van der Waals surface area contributed by atoms with Gasteiger partial charge < -0.3 is 4.42 Å². The molecule has 0 amide bonds. The lowest BCUT2D eigenvalue weighted by Crippen LogP contribution is -2.30. The summed E-state index contributed by atoms with van der Waals surface area (Å²) in [6.45, 7) is 3.79. The number of sulfonamides is 1. The van der Waals surface area contributed by atoms with Crippen LogP contribution in [0.5, 0.6) is 0 Å². The maximum Gasteiger partial charge on any atom is 0.433 e. The first-order valence-corrected chi connectivity index (χ1v) is 9.46. The van der Waals surface area contributed by atoms with E-state index in [1.807, 2.05) is 0 Å². The maximum absolute atomic E-state index is 12.5. The normalized spacial score (nSPS) is 11.8. The Hall–Kier alpha value is -3.32. The van der Waals surface area contributed by atoms with Crippen LogP contribution in [0.2, 0.25) is 0 Å². The Morgan fingerprint density at radius 2 is 1.82 bits per heavy atom. The molecule has 28 heavy (non-hydrogen) atoms. The van der Waals surface area contributed by atoms with E-state index >= 15 is 0 Å². The van der Waals surface area contributed by atoms with E-state index in [1.54, 1.807) is 13.8 Å². The molecule has 0 aliphatic rings. The minimum atomic E-state index is -3.86. The van der Waals surface area contributed by atoms with Crippen molar-refractivity contribution >= 4 is 33.5 Å². The number of hydrogen-bond donors (Lipinski definition) is 1. The number of benzene rings is 1. The number of anilines is 1. The molecular weight excluding hydrogens is 394 g/mol. The summed E-state index contributed by atoms with van der Waals surface area (Å²) in [4.78, 5) is 20.2. The summed E-state index contributed by atoms with van der Waals surface area (Å²) in [5.41, 5.74) is 1.86. The van der Waals surface area contributed by atoms with Crippen molar-refractivity contribution in [2.24, 2.45) is 5.10 Å². The van der Waals surface area contributed by atoms with Crippen molar-refractivity contribution < 1.29 is 22.7 Å². The minimum absolute atomic E-state index is 0.0548. The van der Waals surface area contributed by atoms with E-state index in [9.17, 15) is 28.6 Å². The molecule has 1 heterocycles. The zero-order chi connectivity index (χ0) is 20.9. The van der Waals surface area contributed by atoms with Gasteiger partial charge in [0.25, 0.3) is 5.69 Å². The molecule has 1 aromatic carbocycles. The van der Waals surface area contributed by atoms with Gasteiger partial charge in [-0.25, -0.2) is 8.42 Å². The lowest BCUT2D eigenvalue weighted by Gasteiger charge is -2.18. The van der Waals surface area contributed by atoms with Crippen molar-refractivity contribution in [3.05, 3.63) is 56.3 Å². The number of nitrogens with zero attached hydrogens (tertiary/aromatic N) is 4. The van der Waals surface area contributed by atoms with Gasteiger partial charge in [0.15, 0.2) is 5.76 Å². The molecule has 1 aromatic heterocycles. The van der Waals surface area contributed by atoms with Crippen molar-refractivity contribution in [2.45, 2.75) is 18.7 Å². The van der Waals surface area contributed by atoms with Gasteiger partial charge in [-0.2, -0.15) is 9.41 Å². The van der Waals surface area contributed by atoms with E-state index in [-0.39, 0.29) is 29.4 Å². The van der Waals surface area contributed by atoms with Gasteiger partial charge in [-0.15, -0.1) is 0 Å². The van der Waals surface area contributed by atoms with Crippen LogP contribution >= 0.6 is 0 Å². The average molecular weight is 411 g/mol. The maximum atomic E-state index is 12.5. The molecule has 12 nitrogen and oxygen atoms in total. The van der Waals surface area contributed by atoms with Crippen LogP contribution in [-0.2, 0) is 10.0 Å². The molecular formula is C15H17N5O7S. The van der Waals surface area contributed by atoms with Gasteiger partial charge in [0.2, 0.25) is 10.0 Å². The third-order valence-corrected chi connectivity index (χ3v) is 5.72. The Balaban J connectivity index is 2.29. The molecule has 2 aromatic rings. The van der Waals surface area contributed by atoms with E-state index in [2.05, 4.69) is 10.5 Å². The molecule has 0 saturated heterocycles. The topological polar surface area (TPSA) is 161 Å². The molecule has 150 valence electrons. The fraction of sp³-hybridized carbons (Fsp3) is 0.267. The first-order chi connectivity index (χ1) is 13.2. The number of hydrazone groups is 1. The SMILES string of the molecule is CCN(CC)S(=O)(=O)c1ccc(N/N=C/c2ccc([N+](=O)[O-])o2)c([N+](=O)[O-])c1. The standard InChI is InChI=1S/C15H17N5O7S/c1-3-18(4-2)28(25,26)12-6-7-13(14(9-12)19(21)22)17-16-10-11-5-8-15(27-11)20(23)24/h5-10,17H,3-4H2,1-2H3/b16-10+. The fourth-order valence-corrected chi connectivity index (χ4v) is 3.78. The third kappa shape index (κ3) is 4.50. The first-order valence-electron chi connectivity index (χ1n) is 8.02. The largest absolute Gasteiger partial charge is 0.433 e. The Kier molecular flexibility index (Phi) is 6.43. The first kappa shape index (κ1) is 21.0. The van der Waals surface area contributed by atoms with Crippen LogP contribution in [0.1, 0.15) is 19.6 Å². The van der Waals surface area contributed by atoms with E-state index in [0.29, 0.717) is 0 Å². The lowest BCUT2D eigenvalue weighted by atomic mass is 10.3. The Morgan fingerprint density at radius 1 is 1.14 bits per heavy atom. The minimum Gasteiger partial charge on any atom is -0.400 e. The van der Waals surface area contributed by atoms with E-state index in [0.717, 1.165) is 18.3 Å². The average Bonchev–Trinajstić information content (AvgIpc) is 3.11. The zero-order valence-corrected chi connectivity index (χ0v) is 15.7. The van der Waals surface area contributed by atoms with E-state index in [4.69, 9.17) is 4.42 Å². The van der Waals surface area contributed by atoms with Gasteiger partial charge in [-0.3, -0.25) is 25.7 Å². The number of furan rings is 1. The van der Waals surface area contributed by atoms with E-state index < -0.39 is 31.4 Å². The van der Waals surface area contributed by atoms with Gasteiger partial charge in [-0.1, -0.05) is 13.8 Å². The fourth-order valence-electron chi connectivity index (χ4n) is 2.31. The molecule has 0 saturated carbocycles. The predicted octanol–water partition coefficient (Wildman–Crippen LogP) is 2.57. The number of nitro benzene ring substituents is 1. The van der Waals surface area contributed by atoms with Crippen LogP contribution in [-0.4, -0.2) is 41.9 Å². The molecule has 0 atom stereocenters.